The second-order valence-corrected chi connectivity index (χ2v) is 12.8. The molecule has 276 valence electrons. The van der Waals surface area contributed by atoms with Crippen molar-refractivity contribution in [2.75, 3.05) is 17.2 Å². The smallest absolute Gasteiger partial charge is 0.276 e. The fraction of sp³-hybridized carbons (Fsp3) is 0.351. The summed E-state index contributed by atoms with van der Waals surface area (Å²) in [5, 5.41) is 14.7. The average Bonchev–Trinajstić information content (AvgIpc) is 3.90. The number of Topliss-reactive ketones (excluding diaryl/α,β-unsaturated/α-hetero) is 1. The molecule has 16 heteroatoms. The molecule has 0 aliphatic rings. The zero-order valence-electron chi connectivity index (χ0n) is 30.3. The van der Waals surface area contributed by atoms with E-state index in [0.717, 1.165) is 22.4 Å². The van der Waals surface area contributed by atoms with Crippen LogP contribution in [0.25, 0.3) is 22.1 Å². The summed E-state index contributed by atoms with van der Waals surface area (Å²) >= 11 is 0. The SMILES string of the molecule is CCn1nc(C)cc1C(=O)Nc1nc2cc(C(N)=O)ccc2n1CCCCn1c(NC(=O)c2cc(C)nn2CC)nc2cc(C(=O)CCCN)ccc21. The summed E-state index contributed by atoms with van der Waals surface area (Å²) in [7, 11) is 0. The standard InChI is InChI=1S/C37H44N12O4/c1-5-48-30(18-22(3)44-48)34(52)42-36-40-26-20-24(32(50)10-9-15-38)11-13-28(26)46(36)16-7-8-17-47-29-14-12-25(33(39)51)21-27(29)41-37(47)43-35(53)31-19-23(4)45-49(31)6-2/h11-14,18-21H,5-10,15-17,38H2,1-4H3,(H2,39,51)(H,40,42,52)(H,41,43,53). The summed E-state index contributed by atoms with van der Waals surface area (Å²) in [6.45, 7) is 9.91. The Hall–Kier alpha value is -6.16. The van der Waals surface area contributed by atoms with Crippen LogP contribution in [-0.4, -0.2) is 68.7 Å². The first-order valence-electron chi connectivity index (χ1n) is 17.8. The third kappa shape index (κ3) is 7.72. The Balaban J connectivity index is 1.27. The van der Waals surface area contributed by atoms with Crippen molar-refractivity contribution in [2.24, 2.45) is 11.5 Å². The molecule has 0 fully saturated rings. The van der Waals surface area contributed by atoms with Gasteiger partial charge in [0.05, 0.1) is 33.5 Å². The number of amides is 3. The van der Waals surface area contributed by atoms with Crippen molar-refractivity contribution in [3.8, 4) is 0 Å². The van der Waals surface area contributed by atoms with Gasteiger partial charge < -0.3 is 20.6 Å². The first-order valence-corrected chi connectivity index (χ1v) is 17.8. The van der Waals surface area contributed by atoms with Gasteiger partial charge in [-0.1, -0.05) is 0 Å². The first kappa shape index (κ1) is 36.6. The van der Waals surface area contributed by atoms with Crippen LogP contribution >= 0.6 is 0 Å². The first-order chi connectivity index (χ1) is 25.5. The van der Waals surface area contributed by atoms with Gasteiger partial charge >= 0.3 is 0 Å². The molecule has 0 saturated carbocycles. The lowest BCUT2D eigenvalue weighted by molar-refractivity contribution is 0.0976. The molecule has 53 heavy (non-hydrogen) atoms. The number of carbonyl (C=O) groups is 4. The van der Waals surface area contributed by atoms with E-state index in [1.54, 1.807) is 51.8 Å². The molecular formula is C37H44N12O4. The Labute approximate surface area is 305 Å². The zero-order chi connectivity index (χ0) is 37.8. The number of nitrogens with zero attached hydrogens (tertiary/aromatic N) is 8. The fourth-order valence-electron chi connectivity index (χ4n) is 6.45. The fourth-order valence-corrected chi connectivity index (χ4v) is 6.45. The number of carbonyl (C=O) groups excluding carboxylic acids is 4. The van der Waals surface area contributed by atoms with E-state index in [9.17, 15) is 19.2 Å². The maximum atomic E-state index is 13.5. The van der Waals surface area contributed by atoms with Gasteiger partial charge in [-0.15, -0.1) is 0 Å². The molecule has 0 unspecified atom stereocenters. The number of primary amides is 1. The van der Waals surface area contributed by atoms with Crippen molar-refractivity contribution in [1.29, 1.82) is 0 Å². The Kier molecular flexibility index (Phi) is 10.8. The second-order valence-electron chi connectivity index (χ2n) is 12.8. The zero-order valence-corrected chi connectivity index (χ0v) is 30.3. The third-order valence-electron chi connectivity index (χ3n) is 9.04. The van der Waals surface area contributed by atoms with Crippen molar-refractivity contribution in [3.63, 3.8) is 0 Å². The van der Waals surface area contributed by atoms with Crippen LogP contribution in [0.2, 0.25) is 0 Å². The highest BCUT2D eigenvalue weighted by molar-refractivity contribution is 6.04. The number of imidazole rings is 2. The molecule has 4 heterocycles. The van der Waals surface area contributed by atoms with Gasteiger partial charge in [-0.3, -0.25) is 39.2 Å². The molecule has 0 atom stereocenters. The lowest BCUT2D eigenvalue weighted by atomic mass is 10.1. The molecule has 3 amide bonds. The molecule has 2 aromatic carbocycles. The summed E-state index contributed by atoms with van der Waals surface area (Å²) in [6, 6.07) is 13.8. The van der Waals surface area contributed by atoms with Crippen LogP contribution in [0.5, 0.6) is 0 Å². The lowest BCUT2D eigenvalue weighted by Crippen LogP contribution is -2.20. The minimum absolute atomic E-state index is 0.0208. The van der Waals surface area contributed by atoms with E-state index < -0.39 is 5.91 Å². The Morgan fingerprint density at radius 2 is 1.15 bits per heavy atom. The molecule has 0 aliphatic carbocycles. The molecule has 0 spiro atoms. The maximum Gasteiger partial charge on any atom is 0.276 e. The average molecular weight is 721 g/mol. The summed E-state index contributed by atoms with van der Waals surface area (Å²) in [5.41, 5.74) is 16.9. The molecular weight excluding hydrogens is 676 g/mol. The third-order valence-corrected chi connectivity index (χ3v) is 9.04. The monoisotopic (exact) mass is 720 g/mol. The highest BCUT2D eigenvalue weighted by atomic mass is 16.2. The predicted octanol–water partition coefficient (Wildman–Crippen LogP) is 4.44. The topological polar surface area (TPSA) is 216 Å². The second kappa shape index (κ2) is 15.6. The van der Waals surface area contributed by atoms with Gasteiger partial charge in [0.2, 0.25) is 17.8 Å². The van der Waals surface area contributed by atoms with Crippen molar-refractivity contribution in [2.45, 2.75) is 79.6 Å². The number of ketones is 1. The predicted molar refractivity (Wildman–Crippen MR) is 201 cm³/mol. The van der Waals surface area contributed by atoms with Crippen LogP contribution in [0.3, 0.4) is 0 Å². The van der Waals surface area contributed by atoms with Gasteiger partial charge in [0, 0.05) is 43.7 Å². The van der Waals surface area contributed by atoms with Crippen LogP contribution in [0.15, 0.2) is 48.5 Å². The number of benzene rings is 2. The number of anilines is 2. The van der Waals surface area contributed by atoms with Gasteiger partial charge in [0.25, 0.3) is 11.8 Å². The largest absolute Gasteiger partial charge is 0.366 e. The number of aryl methyl sites for hydroxylation is 6. The van der Waals surface area contributed by atoms with Gasteiger partial charge in [0.15, 0.2) is 5.78 Å². The van der Waals surface area contributed by atoms with Crippen LogP contribution < -0.4 is 22.1 Å². The van der Waals surface area contributed by atoms with E-state index in [1.165, 1.54) is 0 Å². The van der Waals surface area contributed by atoms with Gasteiger partial charge in [-0.25, -0.2) is 9.97 Å². The van der Waals surface area contributed by atoms with Crippen LogP contribution in [0.4, 0.5) is 11.9 Å². The number of aromatic nitrogens is 8. The van der Waals surface area contributed by atoms with Crippen molar-refractivity contribution in [3.05, 3.63) is 82.4 Å². The van der Waals surface area contributed by atoms with E-state index in [1.807, 2.05) is 42.9 Å². The van der Waals surface area contributed by atoms with E-state index in [4.69, 9.17) is 16.5 Å². The number of hydrogen-bond acceptors (Lipinski definition) is 9. The van der Waals surface area contributed by atoms with Gasteiger partial charge in [0.1, 0.15) is 11.4 Å². The van der Waals surface area contributed by atoms with Crippen molar-refractivity contribution >= 4 is 57.5 Å². The molecule has 16 nitrogen and oxygen atoms in total. The Bertz CT molecular complexity index is 2340. The number of hydrogen-bond donors (Lipinski definition) is 4. The van der Waals surface area contributed by atoms with E-state index >= 15 is 0 Å². The molecule has 6 aromatic rings. The van der Waals surface area contributed by atoms with E-state index in [-0.39, 0.29) is 17.6 Å². The van der Waals surface area contributed by atoms with Crippen molar-refractivity contribution in [1.82, 2.24) is 38.7 Å². The summed E-state index contributed by atoms with van der Waals surface area (Å²) in [4.78, 5) is 61.1. The van der Waals surface area contributed by atoms with E-state index in [2.05, 4.69) is 25.8 Å². The van der Waals surface area contributed by atoms with Crippen molar-refractivity contribution < 1.29 is 19.2 Å². The Morgan fingerprint density at radius 3 is 1.60 bits per heavy atom. The van der Waals surface area contributed by atoms with Crippen LogP contribution in [0.1, 0.15) is 92.6 Å². The number of unbranched alkanes of at least 4 members (excludes halogenated alkanes) is 1. The molecule has 4 aromatic heterocycles. The minimum Gasteiger partial charge on any atom is -0.366 e. The molecule has 6 N–H and O–H groups in total. The van der Waals surface area contributed by atoms with Crippen LogP contribution in [0, 0.1) is 13.8 Å². The highest BCUT2D eigenvalue weighted by Crippen LogP contribution is 2.26. The number of fused-ring (bicyclic) bond motifs is 2. The van der Waals surface area contributed by atoms with Gasteiger partial charge in [-0.05, 0) is 102 Å². The summed E-state index contributed by atoms with van der Waals surface area (Å²) < 4.78 is 7.11. The highest BCUT2D eigenvalue weighted by Gasteiger charge is 2.21. The molecule has 0 bridgehead atoms. The number of nitrogens with one attached hydrogen (secondary N) is 2. The van der Waals surface area contributed by atoms with E-state index in [0.29, 0.717) is 104 Å². The molecule has 0 saturated heterocycles. The van der Waals surface area contributed by atoms with Crippen LogP contribution in [-0.2, 0) is 26.2 Å². The normalized spacial score (nSPS) is 11.4. The molecule has 6 rings (SSSR count). The summed E-state index contributed by atoms with van der Waals surface area (Å²) in [5.74, 6) is -0.628. The quantitative estimate of drug-likeness (QED) is 0.0820. The van der Waals surface area contributed by atoms with Gasteiger partial charge in [-0.2, -0.15) is 10.2 Å². The Morgan fingerprint density at radius 1 is 0.679 bits per heavy atom. The summed E-state index contributed by atoms with van der Waals surface area (Å²) in [6.07, 6.45) is 2.21. The molecule has 0 aliphatic heterocycles. The lowest BCUT2D eigenvalue weighted by Gasteiger charge is -2.13. The minimum atomic E-state index is -0.578. The molecule has 0 radical (unpaired) electrons. The maximum absolute atomic E-state index is 13.5. The number of nitrogens with two attached hydrogens (primary N) is 2. The number of rotatable bonds is 16.